The Kier molecular flexibility index (Phi) is 3.97. The predicted octanol–water partition coefficient (Wildman–Crippen LogP) is 3.79. The molecular weight excluding hydrogens is 309 g/mol. The van der Waals surface area contributed by atoms with Gasteiger partial charge in [0.1, 0.15) is 0 Å². The van der Waals surface area contributed by atoms with Gasteiger partial charge in [-0.2, -0.15) is 13.2 Å². The van der Waals surface area contributed by atoms with Crippen LogP contribution in [0.1, 0.15) is 23.7 Å². The smallest absolute Gasteiger partial charge is 0.416 e. The topological polar surface area (TPSA) is 57.4 Å². The van der Waals surface area contributed by atoms with Crippen LogP contribution in [0.2, 0.25) is 0 Å². The van der Waals surface area contributed by atoms with Crippen molar-refractivity contribution in [2.24, 2.45) is 0 Å². The van der Waals surface area contributed by atoms with Crippen LogP contribution in [0, 0.1) is 0 Å². The fourth-order valence-corrected chi connectivity index (χ4v) is 2.89. The summed E-state index contributed by atoms with van der Waals surface area (Å²) in [5, 5.41) is 16.5. The third-order valence-electron chi connectivity index (χ3n) is 4.05. The summed E-state index contributed by atoms with van der Waals surface area (Å²) in [6.07, 6.45) is -3.63. The van der Waals surface area contributed by atoms with E-state index < -0.39 is 11.7 Å². The summed E-state index contributed by atoms with van der Waals surface area (Å²) < 4.78 is 44.4. The third kappa shape index (κ3) is 2.88. The maximum absolute atomic E-state index is 12.9. The monoisotopic (exact) mass is 326 g/mol. The van der Waals surface area contributed by atoms with E-state index >= 15 is 0 Å². The van der Waals surface area contributed by atoms with Gasteiger partial charge in [0.15, 0.2) is 11.5 Å². The molecule has 7 heteroatoms. The van der Waals surface area contributed by atoms with Crippen LogP contribution in [0.5, 0.6) is 5.75 Å². The lowest BCUT2D eigenvalue weighted by molar-refractivity contribution is -0.137. The molecule has 0 aliphatic carbocycles. The molecule has 0 spiro atoms. The van der Waals surface area contributed by atoms with Gasteiger partial charge >= 0.3 is 6.18 Å². The lowest BCUT2D eigenvalue weighted by Gasteiger charge is -2.09. The summed E-state index contributed by atoms with van der Waals surface area (Å²) in [7, 11) is 1.60. The Hall–Kier alpha value is -2.15. The molecule has 4 nitrogen and oxygen atoms in total. The number of rotatable bonds is 3. The Balaban J connectivity index is 2.09. The summed E-state index contributed by atoms with van der Waals surface area (Å²) in [4.78, 5) is 0. The number of benzene rings is 1. The maximum atomic E-state index is 12.9. The van der Waals surface area contributed by atoms with Crippen molar-refractivity contribution in [2.75, 3.05) is 25.5 Å². The Morgan fingerprint density at radius 1 is 1.35 bits per heavy atom. The van der Waals surface area contributed by atoms with Crippen molar-refractivity contribution in [1.82, 2.24) is 5.32 Å². The normalized spacial score (nSPS) is 18.3. The molecule has 0 radical (unpaired) electrons. The molecule has 3 N–H and O–H groups in total. The van der Waals surface area contributed by atoms with Crippen molar-refractivity contribution < 1.29 is 22.7 Å². The standard InChI is InChI=1S/C16H17F3N2O2/c1-20-15-12(9-3-2-4-11(7-9)16(17,18)19)13(22)14(23-15)10-5-6-21-8-10/h2-4,7,10,20-22H,5-6,8H2,1H3. The Morgan fingerprint density at radius 3 is 2.74 bits per heavy atom. The van der Waals surface area contributed by atoms with E-state index in [9.17, 15) is 18.3 Å². The largest absolute Gasteiger partial charge is 0.504 e. The number of anilines is 1. The average Bonchev–Trinajstić information content (AvgIpc) is 3.13. The Labute approximate surface area is 131 Å². The van der Waals surface area contributed by atoms with E-state index in [0.717, 1.165) is 25.1 Å². The van der Waals surface area contributed by atoms with Gasteiger partial charge in [0.2, 0.25) is 5.88 Å². The first-order chi connectivity index (χ1) is 10.9. The summed E-state index contributed by atoms with van der Waals surface area (Å²) in [6.45, 7) is 1.49. The molecule has 0 amide bonds. The second-order valence-electron chi connectivity index (χ2n) is 5.54. The highest BCUT2D eigenvalue weighted by molar-refractivity contribution is 5.81. The molecule has 1 aliphatic rings. The van der Waals surface area contributed by atoms with Gasteiger partial charge in [-0.1, -0.05) is 12.1 Å². The molecule has 1 fully saturated rings. The SMILES string of the molecule is CNc1oc(C2CCNC2)c(O)c1-c1cccc(C(F)(F)F)c1. The van der Waals surface area contributed by atoms with Crippen LogP contribution in [0.3, 0.4) is 0 Å². The number of aromatic hydroxyl groups is 1. The zero-order valence-corrected chi connectivity index (χ0v) is 12.5. The van der Waals surface area contributed by atoms with Gasteiger partial charge < -0.3 is 20.2 Å². The average molecular weight is 326 g/mol. The van der Waals surface area contributed by atoms with E-state index in [2.05, 4.69) is 10.6 Å². The van der Waals surface area contributed by atoms with Gasteiger partial charge in [0, 0.05) is 19.5 Å². The highest BCUT2D eigenvalue weighted by Gasteiger charge is 2.32. The van der Waals surface area contributed by atoms with Gasteiger partial charge in [0.25, 0.3) is 0 Å². The molecule has 1 saturated heterocycles. The van der Waals surface area contributed by atoms with E-state index in [0.29, 0.717) is 12.3 Å². The van der Waals surface area contributed by atoms with Crippen LogP contribution < -0.4 is 10.6 Å². The van der Waals surface area contributed by atoms with Gasteiger partial charge in [-0.25, -0.2) is 0 Å². The van der Waals surface area contributed by atoms with Gasteiger partial charge in [0.05, 0.1) is 11.1 Å². The van der Waals surface area contributed by atoms with Crippen LogP contribution in [0.25, 0.3) is 11.1 Å². The number of halogens is 3. The first kappa shape index (κ1) is 15.7. The number of alkyl halides is 3. The second-order valence-corrected chi connectivity index (χ2v) is 5.54. The van der Waals surface area contributed by atoms with Crippen molar-refractivity contribution in [3.8, 4) is 16.9 Å². The van der Waals surface area contributed by atoms with E-state index in [1.807, 2.05) is 0 Å². The van der Waals surface area contributed by atoms with Crippen LogP contribution in [0.15, 0.2) is 28.7 Å². The fraction of sp³-hybridized carbons (Fsp3) is 0.375. The number of hydrogen-bond acceptors (Lipinski definition) is 4. The molecule has 2 heterocycles. The fourth-order valence-electron chi connectivity index (χ4n) is 2.89. The van der Waals surface area contributed by atoms with E-state index in [1.54, 1.807) is 7.05 Å². The Bertz CT molecular complexity index is 704. The van der Waals surface area contributed by atoms with Gasteiger partial charge in [-0.3, -0.25) is 0 Å². The summed E-state index contributed by atoms with van der Waals surface area (Å²) in [5.41, 5.74) is -0.232. The molecule has 1 atom stereocenters. The van der Waals surface area contributed by atoms with Crippen LogP contribution in [-0.4, -0.2) is 25.2 Å². The zero-order chi connectivity index (χ0) is 16.6. The van der Waals surface area contributed by atoms with Crippen LogP contribution in [-0.2, 0) is 6.18 Å². The Morgan fingerprint density at radius 2 is 2.13 bits per heavy atom. The summed E-state index contributed by atoms with van der Waals surface area (Å²) in [6, 6.07) is 4.86. The zero-order valence-electron chi connectivity index (χ0n) is 12.5. The maximum Gasteiger partial charge on any atom is 0.416 e. The highest BCUT2D eigenvalue weighted by Crippen LogP contribution is 2.46. The molecule has 2 aromatic rings. The van der Waals surface area contributed by atoms with E-state index in [4.69, 9.17) is 4.42 Å². The quantitative estimate of drug-likeness (QED) is 0.803. The lowest BCUT2D eigenvalue weighted by atomic mass is 10.00. The minimum atomic E-state index is -4.44. The molecule has 3 rings (SSSR count). The summed E-state index contributed by atoms with van der Waals surface area (Å²) in [5.74, 6) is 0.597. The van der Waals surface area contributed by atoms with Crippen molar-refractivity contribution in [3.05, 3.63) is 35.6 Å². The lowest BCUT2D eigenvalue weighted by Crippen LogP contribution is -2.07. The number of furan rings is 1. The number of nitrogens with one attached hydrogen (secondary N) is 2. The molecule has 124 valence electrons. The molecule has 1 unspecified atom stereocenters. The van der Waals surface area contributed by atoms with Crippen LogP contribution in [0.4, 0.5) is 19.1 Å². The summed E-state index contributed by atoms with van der Waals surface area (Å²) >= 11 is 0. The molecule has 1 aliphatic heterocycles. The number of hydrogen-bond donors (Lipinski definition) is 3. The van der Waals surface area contributed by atoms with E-state index in [-0.39, 0.29) is 28.7 Å². The minimum absolute atomic E-state index is 0.0154. The molecule has 23 heavy (non-hydrogen) atoms. The van der Waals surface area contributed by atoms with Crippen molar-refractivity contribution in [1.29, 1.82) is 0 Å². The third-order valence-corrected chi connectivity index (χ3v) is 4.05. The van der Waals surface area contributed by atoms with Crippen LogP contribution >= 0.6 is 0 Å². The molecule has 1 aromatic heterocycles. The van der Waals surface area contributed by atoms with Gasteiger partial charge in [-0.05, 0) is 30.7 Å². The predicted molar refractivity (Wildman–Crippen MR) is 80.6 cm³/mol. The first-order valence-corrected chi connectivity index (χ1v) is 7.33. The molecule has 0 saturated carbocycles. The van der Waals surface area contributed by atoms with Crippen molar-refractivity contribution >= 4 is 5.88 Å². The minimum Gasteiger partial charge on any atom is -0.504 e. The molecular formula is C16H17F3N2O2. The van der Waals surface area contributed by atoms with Crippen molar-refractivity contribution in [2.45, 2.75) is 18.5 Å². The highest BCUT2D eigenvalue weighted by atomic mass is 19.4. The molecule has 0 bridgehead atoms. The second kappa shape index (κ2) is 5.81. The van der Waals surface area contributed by atoms with Crippen molar-refractivity contribution in [3.63, 3.8) is 0 Å². The first-order valence-electron chi connectivity index (χ1n) is 7.33. The van der Waals surface area contributed by atoms with Gasteiger partial charge in [-0.15, -0.1) is 0 Å². The van der Waals surface area contributed by atoms with E-state index in [1.165, 1.54) is 12.1 Å². The molecule has 1 aromatic carbocycles.